The van der Waals surface area contributed by atoms with Crippen molar-refractivity contribution in [1.82, 2.24) is 35.1 Å². The fraction of sp³-hybridized carbons (Fsp3) is 0.100. The number of aromatic amines is 1. The smallest absolute Gasteiger partial charge is 0.115 e. The monoisotopic (exact) mass is 353 g/mol. The number of hydrogen-bond donors (Lipinski definition) is 1. The van der Waals surface area contributed by atoms with E-state index in [1.54, 1.807) is 31.2 Å². The lowest BCUT2D eigenvalue weighted by atomic mass is 9.72. The summed E-state index contributed by atoms with van der Waals surface area (Å²) < 4.78 is 0. The van der Waals surface area contributed by atoms with Crippen LogP contribution in [-0.4, -0.2) is 35.1 Å². The second-order valence-corrected chi connectivity index (χ2v) is 6.38. The van der Waals surface area contributed by atoms with Crippen LogP contribution >= 0.6 is 0 Å². The summed E-state index contributed by atoms with van der Waals surface area (Å²) in [5.41, 5.74) is 5.25. The summed E-state index contributed by atoms with van der Waals surface area (Å²) >= 11 is 0. The van der Waals surface area contributed by atoms with Crippen molar-refractivity contribution in [1.29, 1.82) is 0 Å². The van der Waals surface area contributed by atoms with Gasteiger partial charge >= 0.3 is 0 Å². The van der Waals surface area contributed by atoms with Gasteiger partial charge in [-0.15, -0.1) is 0 Å². The van der Waals surface area contributed by atoms with E-state index < -0.39 is 5.41 Å². The van der Waals surface area contributed by atoms with E-state index in [0.29, 0.717) is 6.42 Å². The highest BCUT2D eigenvalue weighted by Crippen LogP contribution is 2.41. The highest BCUT2D eigenvalue weighted by molar-refractivity contribution is 5.75. The molecule has 0 aliphatic heterocycles. The van der Waals surface area contributed by atoms with Crippen LogP contribution in [0.5, 0.6) is 0 Å². The Morgan fingerprint density at radius 1 is 0.889 bits per heavy atom. The van der Waals surface area contributed by atoms with Crippen LogP contribution in [0, 0.1) is 0 Å². The summed E-state index contributed by atoms with van der Waals surface area (Å²) in [6.07, 6.45) is 15.1. The fourth-order valence-electron chi connectivity index (χ4n) is 3.58. The molecule has 4 heterocycles. The van der Waals surface area contributed by atoms with E-state index in [0.717, 1.165) is 33.9 Å². The largest absolute Gasteiger partial charge is 0.281 e. The van der Waals surface area contributed by atoms with Crippen LogP contribution < -0.4 is 0 Å². The number of rotatable bonds is 3. The molecular formula is C20H15N7. The quantitative estimate of drug-likeness (QED) is 0.608. The maximum Gasteiger partial charge on any atom is 0.115 e. The van der Waals surface area contributed by atoms with Crippen molar-refractivity contribution in [3.63, 3.8) is 0 Å². The molecule has 0 saturated heterocycles. The van der Waals surface area contributed by atoms with Crippen molar-refractivity contribution in [2.24, 2.45) is 0 Å². The Balaban J connectivity index is 1.66. The molecule has 0 bridgehead atoms. The van der Waals surface area contributed by atoms with E-state index in [1.165, 1.54) is 0 Å². The molecule has 0 atom stereocenters. The number of allylic oxidation sites excluding steroid dienone is 1. The molecule has 0 aromatic carbocycles. The lowest BCUT2D eigenvalue weighted by molar-refractivity contribution is 0.578. The van der Waals surface area contributed by atoms with Crippen LogP contribution in [0.15, 0.2) is 67.8 Å². The zero-order valence-electron chi connectivity index (χ0n) is 14.3. The molecule has 0 radical (unpaired) electrons. The molecule has 1 aliphatic carbocycles. The first-order chi connectivity index (χ1) is 13.4. The molecule has 4 aromatic rings. The summed E-state index contributed by atoms with van der Waals surface area (Å²) in [5, 5.41) is 7.74. The zero-order chi connectivity index (χ0) is 18.1. The molecule has 27 heavy (non-hydrogen) atoms. The van der Waals surface area contributed by atoms with Gasteiger partial charge < -0.3 is 0 Å². The maximum absolute atomic E-state index is 4.54. The van der Waals surface area contributed by atoms with Crippen LogP contribution in [0.25, 0.3) is 17.3 Å². The van der Waals surface area contributed by atoms with E-state index in [9.17, 15) is 0 Å². The van der Waals surface area contributed by atoms with Gasteiger partial charge in [0.1, 0.15) is 18.3 Å². The molecule has 5 rings (SSSR count). The third-order valence-electron chi connectivity index (χ3n) is 4.89. The topological polar surface area (TPSA) is 93.1 Å². The first-order valence-corrected chi connectivity index (χ1v) is 8.57. The number of H-pyrrole nitrogens is 1. The van der Waals surface area contributed by atoms with Crippen molar-refractivity contribution < 1.29 is 0 Å². The predicted octanol–water partition coefficient (Wildman–Crippen LogP) is 2.61. The number of pyridine rings is 1. The van der Waals surface area contributed by atoms with Gasteiger partial charge in [0.2, 0.25) is 0 Å². The van der Waals surface area contributed by atoms with Gasteiger partial charge in [-0.05, 0) is 24.3 Å². The number of aromatic nitrogens is 7. The molecule has 4 aromatic heterocycles. The molecule has 0 spiro atoms. The maximum atomic E-state index is 4.54. The summed E-state index contributed by atoms with van der Waals surface area (Å²) in [7, 11) is 0. The van der Waals surface area contributed by atoms with Gasteiger partial charge in [-0.1, -0.05) is 12.2 Å². The molecular weight excluding hydrogens is 338 g/mol. The van der Waals surface area contributed by atoms with Gasteiger partial charge in [-0.25, -0.2) is 19.9 Å². The number of hydrogen-bond acceptors (Lipinski definition) is 6. The van der Waals surface area contributed by atoms with Crippen LogP contribution in [-0.2, 0) is 11.8 Å². The lowest BCUT2D eigenvalue weighted by Crippen LogP contribution is -2.32. The minimum Gasteiger partial charge on any atom is -0.281 e. The summed E-state index contributed by atoms with van der Waals surface area (Å²) in [4.78, 5) is 21.4. The Bertz CT molecular complexity index is 1050. The Morgan fingerprint density at radius 2 is 1.67 bits per heavy atom. The second kappa shape index (κ2) is 6.21. The van der Waals surface area contributed by atoms with E-state index in [4.69, 9.17) is 0 Å². The number of nitrogens with zero attached hydrogens (tertiary/aromatic N) is 6. The van der Waals surface area contributed by atoms with Gasteiger partial charge in [0.25, 0.3) is 0 Å². The first kappa shape index (κ1) is 15.5. The summed E-state index contributed by atoms with van der Waals surface area (Å²) in [6, 6.07) is 7.77. The predicted molar refractivity (Wildman–Crippen MR) is 99.4 cm³/mol. The van der Waals surface area contributed by atoms with Crippen molar-refractivity contribution >= 4 is 6.08 Å². The highest BCUT2D eigenvalue weighted by atomic mass is 15.1. The molecule has 0 fully saturated rings. The van der Waals surface area contributed by atoms with Crippen LogP contribution in [0.1, 0.15) is 22.6 Å². The molecule has 0 saturated carbocycles. The van der Waals surface area contributed by atoms with Crippen molar-refractivity contribution in [2.75, 3.05) is 0 Å². The Kier molecular flexibility index (Phi) is 3.57. The van der Waals surface area contributed by atoms with Gasteiger partial charge in [0, 0.05) is 48.0 Å². The Morgan fingerprint density at radius 3 is 2.30 bits per heavy atom. The fourth-order valence-corrected chi connectivity index (χ4v) is 3.58. The molecule has 1 N–H and O–H groups in total. The highest BCUT2D eigenvalue weighted by Gasteiger charge is 2.39. The van der Waals surface area contributed by atoms with Gasteiger partial charge in [0.05, 0.1) is 16.8 Å². The standard InChI is InChI=1S/C20H15N7/c1-2-14(11-21-7-1)19-15-3-6-20(10-16(15)26-27-19,17-4-8-22-12-24-17)18-5-9-23-13-25-18/h1-9,11-13H,10H2,(H,26,27). The van der Waals surface area contributed by atoms with E-state index in [2.05, 4.69) is 47.3 Å². The normalized spacial score (nSPS) is 14.7. The van der Waals surface area contributed by atoms with Gasteiger partial charge in [0.15, 0.2) is 0 Å². The average molecular weight is 353 g/mol. The Hall–Kier alpha value is -3.74. The van der Waals surface area contributed by atoms with E-state index in [-0.39, 0.29) is 0 Å². The van der Waals surface area contributed by atoms with Gasteiger partial charge in [-0.3, -0.25) is 10.1 Å². The minimum atomic E-state index is -0.502. The third kappa shape index (κ3) is 2.52. The summed E-state index contributed by atoms with van der Waals surface area (Å²) in [6.45, 7) is 0. The molecule has 130 valence electrons. The SMILES string of the molecule is C1=CC(c2ccncn2)(c2ccncn2)Cc2[nH]nc(-c3cccnc3)c21. The molecule has 7 nitrogen and oxygen atoms in total. The molecule has 0 unspecified atom stereocenters. The van der Waals surface area contributed by atoms with Crippen LogP contribution in [0.4, 0.5) is 0 Å². The first-order valence-electron chi connectivity index (χ1n) is 8.57. The molecule has 1 aliphatic rings. The van der Waals surface area contributed by atoms with Crippen LogP contribution in [0.3, 0.4) is 0 Å². The number of nitrogens with one attached hydrogen (secondary N) is 1. The third-order valence-corrected chi connectivity index (χ3v) is 4.89. The zero-order valence-corrected chi connectivity index (χ0v) is 14.3. The Labute approximate surface area is 155 Å². The second-order valence-electron chi connectivity index (χ2n) is 6.38. The lowest BCUT2D eigenvalue weighted by Gasteiger charge is -2.31. The average Bonchev–Trinajstić information content (AvgIpc) is 3.18. The number of fused-ring (bicyclic) bond motifs is 1. The van der Waals surface area contributed by atoms with Gasteiger partial charge in [-0.2, -0.15) is 5.10 Å². The van der Waals surface area contributed by atoms with E-state index >= 15 is 0 Å². The summed E-state index contributed by atoms with van der Waals surface area (Å²) in [5.74, 6) is 0. The molecule has 0 amide bonds. The minimum absolute atomic E-state index is 0.502. The van der Waals surface area contributed by atoms with E-state index in [1.807, 2.05) is 30.5 Å². The van der Waals surface area contributed by atoms with Crippen molar-refractivity contribution in [3.05, 3.63) is 90.4 Å². The molecule has 7 heteroatoms. The van der Waals surface area contributed by atoms with Crippen molar-refractivity contribution in [3.8, 4) is 11.3 Å². The van der Waals surface area contributed by atoms with Crippen molar-refractivity contribution in [2.45, 2.75) is 11.8 Å². The van der Waals surface area contributed by atoms with Crippen LogP contribution in [0.2, 0.25) is 0 Å².